The number of pyridine rings is 1. The van der Waals surface area contributed by atoms with Gasteiger partial charge in [0, 0.05) is 17.3 Å². The van der Waals surface area contributed by atoms with Gasteiger partial charge in [0.05, 0.1) is 21.8 Å². The molecule has 0 radical (unpaired) electrons. The van der Waals surface area contributed by atoms with Crippen LogP contribution in [0.3, 0.4) is 0 Å². The van der Waals surface area contributed by atoms with Crippen molar-refractivity contribution in [2.45, 2.75) is 30.6 Å². The predicted molar refractivity (Wildman–Crippen MR) is 91.0 cm³/mol. The number of nitrogens with zero attached hydrogens (tertiary/aromatic N) is 3. The summed E-state index contributed by atoms with van der Waals surface area (Å²) in [5.41, 5.74) is 3.46. The molecule has 0 amide bonds. The fraction of sp³-hybridized carbons (Fsp3) is 0.167. The van der Waals surface area contributed by atoms with Gasteiger partial charge in [-0.1, -0.05) is 29.5 Å². The first-order chi connectivity index (χ1) is 11.1. The molecule has 0 aliphatic carbocycles. The van der Waals surface area contributed by atoms with Crippen molar-refractivity contribution < 1.29 is 4.79 Å². The smallest absolute Gasteiger partial charge is 0.267 e. The first-order valence-electron chi connectivity index (χ1n) is 7.31. The molecule has 0 unspecified atom stereocenters. The van der Waals surface area contributed by atoms with Crippen molar-refractivity contribution in [3.05, 3.63) is 71.3 Å². The molecule has 0 atom stereocenters. The predicted octanol–water partition coefficient (Wildman–Crippen LogP) is 4.04. The maximum atomic E-state index is 12.6. The van der Waals surface area contributed by atoms with Gasteiger partial charge >= 0.3 is 0 Å². The van der Waals surface area contributed by atoms with Crippen LogP contribution in [0.1, 0.15) is 27.3 Å². The summed E-state index contributed by atoms with van der Waals surface area (Å²) < 4.78 is 1.46. The molecule has 0 bridgehead atoms. The van der Waals surface area contributed by atoms with Crippen LogP contribution in [0, 0.1) is 20.8 Å². The number of carbonyl (C=O) groups excluding carboxylic acids is 1. The Morgan fingerprint density at radius 1 is 1.09 bits per heavy atom. The number of hydrogen-bond donors (Lipinski definition) is 0. The number of hydrogen-bond acceptors (Lipinski definition) is 4. The Bertz CT molecular complexity index is 839. The fourth-order valence-corrected chi connectivity index (χ4v) is 3.24. The second kappa shape index (κ2) is 6.38. The summed E-state index contributed by atoms with van der Waals surface area (Å²) >= 11 is 1.63. The van der Waals surface area contributed by atoms with Gasteiger partial charge < -0.3 is 0 Å². The minimum absolute atomic E-state index is 0.158. The number of rotatable bonds is 3. The van der Waals surface area contributed by atoms with E-state index in [0.29, 0.717) is 5.56 Å². The lowest BCUT2D eigenvalue weighted by molar-refractivity contribution is 0.0941. The summed E-state index contributed by atoms with van der Waals surface area (Å²) in [5, 5.41) is 4.42. The highest BCUT2D eigenvalue weighted by Gasteiger charge is 2.18. The minimum atomic E-state index is -0.158. The van der Waals surface area contributed by atoms with Crippen molar-refractivity contribution in [2.24, 2.45) is 0 Å². The van der Waals surface area contributed by atoms with Crippen LogP contribution in [-0.2, 0) is 0 Å². The number of benzene rings is 1. The van der Waals surface area contributed by atoms with E-state index in [1.165, 1.54) is 10.2 Å². The molecule has 116 valence electrons. The first kappa shape index (κ1) is 15.5. The molecule has 0 saturated heterocycles. The Hall–Kier alpha value is -2.40. The van der Waals surface area contributed by atoms with Crippen LogP contribution < -0.4 is 0 Å². The summed E-state index contributed by atoms with van der Waals surface area (Å²) in [6.45, 7) is 5.91. The van der Waals surface area contributed by atoms with Gasteiger partial charge in [-0.3, -0.25) is 9.78 Å². The molecule has 3 rings (SSSR count). The number of aromatic nitrogens is 3. The summed E-state index contributed by atoms with van der Waals surface area (Å²) in [6.07, 6.45) is 3.21. The SMILES string of the molecule is Cc1ccc(Sc2c(C)nn(C(=O)c3cccnc3)c2C)cc1. The first-order valence-corrected chi connectivity index (χ1v) is 8.13. The van der Waals surface area contributed by atoms with Crippen LogP contribution in [0.4, 0.5) is 0 Å². The van der Waals surface area contributed by atoms with E-state index in [4.69, 9.17) is 0 Å². The molecule has 0 spiro atoms. The quantitative estimate of drug-likeness (QED) is 0.730. The van der Waals surface area contributed by atoms with Gasteiger partial charge in [0.1, 0.15) is 0 Å². The Morgan fingerprint density at radius 3 is 2.48 bits per heavy atom. The lowest BCUT2D eigenvalue weighted by atomic mass is 10.2. The van der Waals surface area contributed by atoms with Crippen LogP contribution >= 0.6 is 11.8 Å². The minimum Gasteiger partial charge on any atom is -0.267 e. The Kier molecular flexibility index (Phi) is 4.30. The molecular weight excluding hydrogens is 306 g/mol. The van der Waals surface area contributed by atoms with E-state index in [1.807, 2.05) is 13.8 Å². The molecule has 4 nitrogen and oxygen atoms in total. The van der Waals surface area contributed by atoms with E-state index in [9.17, 15) is 4.79 Å². The maximum Gasteiger partial charge on any atom is 0.279 e. The molecule has 0 aliphatic heterocycles. The monoisotopic (exact) mass is 323 g/mol. The highest BCUT2D eigenvalue weighted by molar-refractivity contribution is 7.99. The van der Waals surface area contributed by atoms with Crippen molar-refractivity contribution in [3.8, 4) is 0 Å². The van der Waals surface area contributed by atoms with Crippen LogP contribution in [0.5, 0.6) is 0 Å². The highest BCUT2D eigenvalue weighted by atomic mass is 32.2. The van der Waals surface area contributed by atoms with Gasteiger partial charge in [0.15, 0.2) is 0 Å². The van der Waals surface area contributed by atoms with E-state index in [0.717, 1.165) is 21.2 Å². The van der Waals surface area contributed by atoms with E-state index in [2.05, 4.69) is 41.3 Å². The second-order valence-corrected chi connectivity index (χ2v) is 6.46. The van der Waals surface area contributed by atoms with E-state index < -0.39 is 0 Å². The van der Waals surface area contributed by atoms with Crippen molar-refractivity contribution >= 4 is 17.7 Å². The molecule has 3 aromatic rings. The molecule has 1 aromatic carbocycles. The molecule has 0 N–H and O–H groups in total. The number of carbonyl (C=O) groups is 1. The van der Waals surface area contributed by atoms with Crippen LogP contribution in [0.2, 0.25) is 0 Å². The van der Waals surface area contributed by atoms with Gasteiger partial charge in [-0.2, -0.15) is 9.78 Å². The van der Waals surface area contributed by atoms with Gasteiger partial charge in [-0.25, -0.2) is 0 Å². The zero-order chi connectivity index (χ0) is 16.4. The Balaban J connectivity index is 1.93. The van der Waals surface area contributed by atoms with E-state index in [1.54, 1.807) is 36.3 Å². The van der Waals surface area contributed by atoms with Crippen molar-refractivity contribution in [3.63, 3.8) is 0 Å². The zero-order valence-corrected chi connectivity index (χ0v) is 14.1. The normalized spacial score (nSPS) is 10.7. The lowest BCUT2D eigenvalue weighted by Crippen LogP contribution is -2.15. The van der Waals surface area contributed by atoms with Gasteiger partial charge in [-0.15, -0.1) is 0 Å². The molecule has 2 aromatic heterocycles. The maximum absolute atomic E-state index is 12.6. The van der Waals surface area contributed by atoms with Gasteiger partial charge in [-0.05, 0) is 45.0 Å². The van der Waals surface area contributed by atoms with Crippen molar-refractivity contribution in [1.82, 2.24) is 14.8 Å². The van der Waals surface area contributed by atoms with Crippen LogP contribution in [-0.4, -0.2) is 20.7 Å². The largest absolute Gasteiger partial charge is 0.279 e. The highest BCUT2D eigenvalue weighted by Crippen LogP contribution is 2.33. The second-order valence-electron chi connectivity index (χ2n) is 5.37. The van der Waals surface area contributed by atoms with Crippen LogP contribution in [0.25, 0.3) is 0 Å². The molecule has 0 saturated carbocycles. The Morgan fingerprint density at radius 2 is 1.83 bits per heavy atom. The molecule has 5 heteroatoms. The third kappa shape index (κ3) is 3.19. The lowest BCUT2D eigenvalue weighted by Gasteiger charge is -2.04. The van der Waals surface area contributed by atoms with Gasteiger partial charge in [0.25, 0.3) is 5.91 Å². The third-order valence-electron chi connectivity index (χ3n) is 3.57. The molecule has 2 heterocycles. The molecule has 23 heavy (non-hydrogen) atoms. The molecule has 0 fully saturated rings. The third-order valence-corrected chi connectivity index (χ3v) is 4.87. The van der Waals surface area contributed by atoms with Gasteiger partial charge in [0.2, 0.25) is 0 Å². The Labute approximate surface area is 139 Å². The standard InChI is InChI=1S/C18H17N3OS/c1-12-6-8-16(9-7-12)23-17-13(2)20-21(14(17)3)18(22)15-5-4-10-19-11-15/h4-11H,1-3H3. The van der Waals surface area contributed by atoms with E-state index in [-0.39, 0.29) is 5.91 Å². The zero-order valence-electron chi connectivity index (χ0n) is 13.3. The van der Waals surface area contributed by atoms with Crippen LogP contribution in [0.15, 0.2) is 58.6 Å². The summed E-state index contributed by atoms with van der Waals surface area (Å²) in [5.74, 6) is -0.158. The summed E-state index contributed by atoms with van der Waals surface area (Å²) in [4.78, 5) is 18.7. The molecule has 0 aliphatic rings. The fourth-order valence-electron chi connectivity index (χ4n) is 2.31. The topological polar surface area (TPSA) is 47.8 Å². The summed E-state index contributed by atoms with van der Waals surface area (Å²) in [6, 6.07) is 11.8. The summed E-state index contributed by atoms with van der Waals surface area (Å²) in [7, 11) is 0. The average Bonchev–Trinajstić information content (AvgIpc) is 2.85. The number of aryl methyl sites for hydroxylation is 2. The van der Waals surface area contributed by atoms with Crippen molar-refractivity contribution in [2.75, 3.05) is 0 Å². The van der Waals surface area contributed by atoms with E-state index >= 15 is 0 Å². The molecular formula is C18H17N3OS. The average molecular weight is 323 g/mol. The van der Waals surface area contributed by atoms with Crippen molar-refractivity contribution in [1.29, 1.82) is 0 Å².